The summed E-state index contributed by atoms with van der Waals surface area (Å²) >= 11 is 1.25. The van der Waals surface area contributed by atoms with Crippen LogP contribution in [0.15, 0.2) is 5.51 Å². The number of carbonyl (C=O) groups excluding carboxylic acids is 1. The van der Waals surface area contributed by atoms with Crippen LogP contribution < -0.4 is 10.6 Å². The van der Waals surface area contributed by atoms with Gasteiger partial charge >= 0.3 is 12.0 Å². The zero-order valence-electron chi connectivity index (χ0n) is 9.89. The Bertz CT molecular complexity index is 369. The van der Waals surface area contributed by atoms with Gasteiger partial charge in [0, 0.05) is 13.0 Å². The van der Waals surface area contributed by atoms with Crippen LogP contribution in [0.2, 0.25) is 0 Å². The third-order valence-electron chi connectivity index (χ3n) is 2.18. The minimum Gasteiger partial charge on any atom is -0.481 e. The maximum atomic E-state index is 11.3. The third-order valence-corrected chi connectivity index (χ3v) is 2.79. The van der Waals surface area contributed by atoms with Crippen LogP contribution in [0.4, 0.5) is 9.93 Å². The molecule has 0 atom stereocenters. The summed E-state index contributed by atoms with van der Waals surface area (Å²) in [5.41, 5.74) is 1.54. The zero-order valence-corrected chi connectivity index (χ0v) is 10.7. The highest BCUT2D eigenvalue weighted by molar-refractivity contribution is 7.13. The number of nitrogens with zero attached hydrogens (tertiary/aromatic N) is 2. The average molecular weight is 272 g/mol. The van der Waals surface area contributed by atoms with Gasteiger partial charge < -0.3 is 10.4 Å². The molecule has 0 saturated carbocycles. The van der Waals surface area contributed by atoms with E-state index in [9.17, 15) is 9.59 Å². The van der Waals surface area contributed by atoms with Crippen molar-refractivity contribution < 1.29 is 14.7 Å². The molecule has 0 aromatic carbocycles. The molecule has 1 heterocycles. The molecule has 2 amide bonds. The molecule has 0 aliphatic rings. The second-order valence-corrected chi connectivity index (χ2v) is 4.52. The van der Waals surface area contributed by atoms with E-state index in [0.29, 0.717) is 18.1 Å². The Kier molecular flexibility index (Phi) is 6.70. The molecule has 0 fully saturated rings. The largest absolute Gasteiger partial charge is 0.481 e. The summed E-state index contributed by atoms with van der Waals surface area (Å²) < 4.78 is 0. The van der Waals surface area contributed by atoms with E-state index >= 15 is 0 Å². The number of hydrogen-bond acceptors (Lipinski definition) is 5. The number of nitrogens with one attached hydrogen (secondary N) is 2. The van der Waals surface area contributed by atoms with E-state index in [-0.39, 0.29) is 12.5 Å². The number of aliphatic carboxylic acids is 1. The smallest absolute Gasteiger partial charge is 0.321 e. The topological polar surface area (TPSA) is 104 Å². The minimum absolute atomic E-state index is 0.213. The van der Waals surface area contributed by atoms with Gasteiger partial charge in [0.1, 0.15) is 5.51 Å². The second-order valence-electron chi connectivity index (χ2n) is 3.68. The van der Waals surface area contributed by atoms with Crippen molar-refractivity contribution >= 4 is 28.5 Å². The molecule has 18 heavy (non-hydrogen) atoms. The first-order valence-electron chi connectivity index (χ1n) is 5.71. The Morgan fingerprint density at radius 2 is 2.06 bits per heavy atom. The lowest BCUT2D eigenvalue weighted by molar-refractivity contribution is -0.137. The van der Waals surface area contributed by atoms with Gasteiger partial charge in [0.2, 0.25) is 5.13 Å². The van der Waals surface area contributed by atoms with Crippen LogP contribution in [0.3, 0.4) is 0 Å². The molecule has 0 radical (unpaired) electrons. The van der Waals surface area contributed by atoms with Gasteiger partial charge in [-0.15, -0.1) is 10.2 Å². The number of amides is 2. The van der Waals surface area contributed by atoms with Crippen molar-refractivity contribution in [1.82, 2.24) is 15.5 Å². The van der Waals surface area contributed by atoms with Gasteiger partial charge in [-0.2, -0.15) is 0 Å². The molecule has 1 aromatic heterocycles. The van der Waals surface area contributed by atoms with Crippen LogP contribution in [0.25, 0.3) is 0 Å². The van der Waals surface area contributed by atoms with E-state index in [1.54, 1.807) is 0 Å². The quantitative estimate of drug-likeness (QED) is 0.625. The average Bonchev–Trinajstić information content (AvgIpc) is 2.80. The van der Waals surface area contributed by atoms with Crippen LogP contribution in [0, 0.1) is 0 Å². The monoisotopic (exact) mass is 272 g/mol. The summed E-state index contributed by atoms with van der Waals surface area (Å²) in [6.45, 7) is 0.567. The molecule has 0 bridgehead atoms. The number of unbranched alkanes of at least 4 members (excludes halogenated alkanes) is 3. The highest BCUT2D eigenvalue weighted by Gasteiger charge is 2.02. The first kappa shape index (κ1) is 14.4. The van der Waals surface area contributed by atoms with E-state index in [1.165, 1.54) is 16.8 Å². The molecule has 3 N–H and O–H groups in total. The summed E-state index contributed by atoms with van der Waals surface area (Å²) in [7, 11) is 0. The summed E-state index contributed by atoms with van der Waals surface area (Å²) in [4.78, 5) is 21.6. The molecule has 0 spiro atoms. The molecular weight excluding hydrogens is 256 g/mol. The van der Waals surface area contributed by atoms with Crippen molar-refractivity contribution in [3.05, 3.63) is 5.51 Å². The molecule has 100 valence electrons. The SMILES string of the molecule is O=C(O)CCCCCCNC(=O)Nc1nncs1. The Balaban J connectivity index is 1.94. The van der Waals surface area contributed by atoms with Gasteiger partial charge in [0.05, 0.1) is 0 Å². The predicted molar refractivity (Wildman–Crippen MR) is 67.7 cm³/mol. The predicted octanol–water partition coefficient (Wildman–Crippen LogP) is 1.69. The number of carbonyl (C=O) groups is 2. The molecule has 7 nitrogen and oxygen atoms in total. The standard InChI is InChI=1S/C10H16N4O3S/c15-8(16)5-3-1-2-4-6-11-9(17)13-10-14-12-7-18-10/h7H,1-6H2,(H,15,16)(H2,11,13,14,17). The van der Waals surface area contributed by atoms with Crippen molar-refractivity contribution in [3.8, 4) is 0 Å². The lowest BCUT2D eigenvalue weighted by atomic mass is 10.1. The first-order valence-corrected chi connectivity index (χ1v) is 6.59. The molecule has 0 aliphatic carbocycles. The van der Waals surface area contributed by atoms with Crippen molar-refractivity contribution in [2.45, 2.75) is 32.1 Å². The Morgan fingerprint density at radius 3 is 2.72 bits per heavy atom. The molecule has 0 saturated heterocycles. The number of urea groups is 1. The number of carboxylic acids is 1. The maximum absolute atomic E-state index is 11.3. The van der Waals surface area contributed by atoms with Gasteiger partial charge in [0.25, 0.3) is 0 Å². The zero-order chi connectivity index (χ0) is 13.2. The number of carboxylic acid groups (broad SMARTS) is 1. The Hall–Kier alpha value is -1.70. The van der Waals surface area contributed by atoms with Gasteiger partial charge in [-0.05, 0) is 12.8 Å². The molecular formula is C10H16N4O3S. The van der Waals surface area contributed by atoms with Crippen LogP contribution in [0.5, 0.6) is 0 Å². The van der Waals surface area contributed by atoms with Crippen molar-refractivity contribution in [2.24, 2.45) is 0 Å². The Labute approximate surface area is 109 Å². The highest BCUT2D eigenvalue weighted by Crippen LogP contribution is 2.07. The summed E-state index contributed by atoms with van der Waals surface area (Å²) in [5.74, 6) is -0.760. The van der Waals surface area contributed by atoms with E-state index in [2.05, 4.69) is 20.8 Å². The summed E-state index contributed by atoms with van der Waals surface area (Å²) in [5, 5.41) is 21.4. The molecule has 0 unspecified atom stereocenters. The normalized spacial score (nSPS) is 10.0. The number of hydrogen-bond donors (Lipinski definition) is 3. The summed E-state index contributed by atoms with van der Waals surface area (Å²) in [6.07, 6.45) is 3.51. The van der Waals surface area contributed by atoms with E-state index in [1.807, 2.05) is 0 Å². The molecule has 1 aromatic rings. The van der Waals surface area contributed by atoms with Crippen molar-refractivity contribution in [2.75, 3.05) is 11.9 Å². The number of anilines is 1. The fraction of sp³-hybridized carbons (Fsp3) is 0.600. The molecule has 1 rings (SSSR count). The van der Waals surface area contributed by atoms with E-state index in [0.717, 1.165) is 19.3 Å². The van der Waals surface area contributed by atoms with E-state index in [4.69, 9.17) is 5.11 Å². The maximum Gasteiger partial charge on any atom is 0.321 e. The van der Waals surface area contributed by atoms with Gasteiger partial charge in [-0.1, -0.05) is 24.2 Å². The van der Waals surface area contributed by atoms with Gasteiger partial charge in [0.15, 0.2) is 0 Å². The van der Waals surface area contributed by atoms with Crippen LogP contribution in [-0.2, 0) is 4.79 Å². The van der Waals surface area contributed by atoms with Gasteiger partial charge in [-0.3, -0.25) is 10.1 Å². The Morgan fingerprint density at radius 1 is 1.28 bits per heavy atom. The fourth-order valence-electron chi connectivity index (χ4n) is 1.33. The number of aromatic nitrogens is 2. The van der Waals surface area contributed by atoms with Crippen LogP contribution >= 0.6 is 11.3 Å². The van der Waals surface area contributed by atoms with Gasteiger partial charge in [-0.25, -0.2) is 4.79 Å². The first-order chi connectivity index (χ1) is 8.68. The highest BCUT2D eigenvalue weighted by atomic mass is 32.1. The minimum atomic E-state index is -0.760. The number of rotatable bonds is 8. The summed E-state index contributed by atoms with van der Waals surface area (Å²) in [6, 6.07) is -0.294. The van der Waals surface area contributed by atoms with Crippen LogP contribution in [-0.4, -0.2) is 33.8 Å². The third kappa shape index (κ3) is 6.79. The second kappa shape index (κ2) is 8.40. The van der Waals surface area contributed by atoms with Crippen molar-refractivity contribution in [1.29, 1.82) is 0 Å². The van der Waals surface area contributed by atoms with Crippen LogP contribution in [0.1, 0.15) is 32.1 Å². The van der Waals surface area contributed by atoms with Crippen molar-refractivity contribution in [3.63, 3.8) is 0 Å². The molecule has 0 aliphatic heterocycles. The molecule has 8 heteroatoms. The van der Waals surface area contributed by atoms with E-state index < -0.39 is 5.97 Å². The lowest BCUT2D eigenvalue weighted by Gasteiger charge is -2.04. The fourth-order valence-corrected chi connectivity index (χ4v) is 1.77. The lowest BCUT2D eigenvalue weighted by Crippen LogP contribution is -2.29.